The van der Waals surface area contributed by atoms with Crippen LogP contribution < -0.4 is 10.6 Å². The van der Waals surface area contributed by atoms with Gasteiger partial charge in [-0.1, -0.05) is 0 Å². The molecule has 0 saturated heterocycles. The molecule has 0 aliphatic carbocycles. The summed E-state index contributed by atoms with van der Waals surface area (Å²) in [4.78, 5) is 21.9. The molecule has 0 radical (unpaired) electrons. The summed E-state index contributed by atoms with van der Waals surface area (Å²) < 4.78 is 0. The first-order valence-corrected chi connectivity index (χ1v) is 5.53. The second-order valence-electron chi connectivity index (χ2n) is 2.44. The van der Waals surface area contributed by atoms with Gasteiger partial charge in [0.1, 0.15) is 6.54 Å². The van der Waals surface area contributed by atoms with Crippen LogP contribution in [-0.4, -0.2) is 36.9 Å². The predicted molar refractivity (Wildman–Crippen MR) is 54.6 cm³/mol. The van der Waals surface area contributed by atoms with Crippen molar-refractivity contribution in [1.29, 1.82) is 5.26 Å². The molecule has 0 rings (SSSR count). The summed E-state index contributed by atoms with van der Waals surface area (Å²) in [6, 6.07) is 1.71. The van der Waals surface area contributed by atoms with E-state index < -0.39 is 11.8 Å². The van der Waals surface area contributed by atoms with Crippen molar-refractivity contribution in [2.75, 3.05) is 25.1 Å². The summed E-state index contributed by atoms with van der Waals surface area (Å²) in [5.74, 6) is -0.489. The average molecular weight is 215 g/mol. The molecule has 0 aromatic carbocycles. The van der Waals surface area contributed by atoms with Gasteiger partial charge in [-0.15, -0.1) is 0 Å². The SMILES string of the molecule is CSCCCNC(=O)C(=O)NCC#N. The van der Waals surface area contributed by atoms with E-state index in [-0.39, 0.29) is 6.54 Å². The van der Waals surface area contributed by atoms with Crippen molar-refractivity contribution in [1.82, 2.24) is 10.6 Å². The normalized spacial score (nSPS) is 8.86. The Hall–Kier alpha value is -1.22. The Labute approximate surface area is 87.2 Å². The number of nitrogens with zero attached hydrogens (tertiary/aromatic N) is 1. The third-order valence-electron chi connectivity index (χ3n) is 1.35. The molecule has 2 N–H and O–H groups in total. The zero-order valence-corrected chi connectivity index (χ0v) is 8.82. The molecular weight excluding hydrogens is 202 g/mol. The lowest BCUT2D eigenvalue weighted by atomic mass is 10.4. The molecule has 0 unspecified atom stereocenters. The third kappa shape index (κ3) is 6.31. The molecule has 78 valence electrons. The van der Waals surface area contributed by atoms with Crippen molar-refractivity contribution in [3.63, 3.8) is 0 Å². The van der Waals surface area contributed by atoms with Crippen LogP contribution in [0.25, 0.3) is 0 Å². The molecular formula is C8H13N3O2S. The second kappa shape index (κ2) is 8.38. The molecule has 6 heteroatoms. The number of carbonyl (C=O) groups is 2. The number of amides is 2. The molecule has 0 aromatic rings. The topological polar surface area (TPSA) is 82.0 Å². The van der Waals surface area contributed by atoms with E-state index in [4.69, 9.17) is 5.26 Å². The van der Waals surface area contributed by atoms with Crippen LogP contribution in [0.4, 0.5) is 0 Å². The van der Waals surface area contributed by atoms with Gasteiger partial charge in [0.15, 0.2) is 0 Å². The van der Waals surface area contributed by atoms with Gasteiger partial charge < -0.3 is 10.6 Å². The zero-order chi connectivity index (χ0) is 10.8. The summed E-state index contributed by atoms with van der Waals surface area (Å²) in [5, 5.41) is 12.8. The van der Waals surface area contributed by atoms with Crippen LogP contribution in [0.5, 0.6) is 0 Å². The van der Waals surface area contributed by atoms with Crippen LogP contribution in [0.3, 0.4) is 0 Å². The number of thioether (sulfide) groups is 1. The van der Waals surface area contributed by atoms with Crippen molar-refractivity contribution in [3.8, 4) is 6.07 Å². The zero-order valence-electron chi connectivity index (χ0n) is 8.00. The van der Waals surface area contributed by atoms with Crippen LogP contribution >= 0.6 is 11.8 Å². The molecule has 0 fully saturated rings. The first kappa shape index (κ1) is 12.8. The third-order valence-corrected chi connectivity index (χ3v) is 2.04. The van der Waals surface area contributed by atoms with E-state index in [1.807, 2.05) is 6.26 Å². The summed E-state index contributed by atoms with van der Waals surface area (Å²) in [5.41, 5.74) is 0. The number of carbonyl (C=O) groups excluding carboxylic acids is 2. The van der Waals surface area contributed by atoms with Crippen LogP contribution in [-0.2, 0) is 9.59 Å². The molecule has 0 aliphatic rings. The highest BCUT2D eigenvalue weighted by Crippen LogP contribution is 1.92. The van der Waals surface area contributed by atoms with Crippen LogP contribution in [0.1, 0.15) is 6.42 Å². The Kier molecular flexibility index (Phi) is 7.65. The summed E-state index contributed by atoms with van der Waals surface area (Å²) >= 11 is 1.68. The van der Waals surface area contributed by atoms with E-state index in [2.05, 4.69) is 10.6 Å². The van der Waals surface area contributed by atoms with Gasteiger partial charge in [0.25, 0.3) is 0 Å². The molecule has 0 aromatic heterocycles. The van der Waals surface area contributed by atoms with Crippen LogP contribution in [0.15, 0.2) is 0 Å². The maximum atomic E-state index is 11.0. The first-order chi connectivity index (χ1) is 6.72. The molecule has 2 amide bonds. The van der Waals surface area contributed by atoms with Gasteiger partial charge in [0, 0.05) is 6.54 Å². The quantitative estimate of drug-likeness (QED) is 0.368. The fourth-order valence-electron chi connectivity index (χ4n) is 0.699. The summed E-state index contributed by atoms with van der Waals surface area (Å²) in [6.07, 6.45) is 2.81. The largest absolute Gasteiger partial charge is 0.348 e. The lowest BCUT2D eigenvalue weighted by molar-refractivity contribution is -0.139. The first-order valence-electron chi connectivity index (χ1n) is 4.14. The number of hydrogen-bond donors (Lipinski definition) is 2. The fraction of sp³-hybridized carbons (Fsp3) is 0.625. The fourth-order valence-corrected chi connectivity index (χ4v) is 1.13. The summed E-state index contributed by atoms with van der Waals surface area (Å²) in [7, 11) is 0. The Morgan fingerprint density at radius 2 is 2.00 bits per heavy atom. The maximum absolute atomic E-state index is 11.0. The molecule has 0 aliphatic heterocycles. The van der Waals surface area contributed by atoms with Gasteiger partial charge in [-0.05, 0) is 18.4 Å². The van der Waals surface area contributed by atoms with Gasteiger partial charge >= 0.3 is 11.8 Å². The number of nitrogens with one attached hydrogen (secondary N) is 2. The molecule has 14 heavy (non-hydrogen) atoms. The highest BCUT2D eigenvalue weighted by Gasteiger charge is 2.10. The van der Waals surface area contributed by atoms with Crippen molar-refractivity contribution in [2.45, 2.75) is 6.42 Å². The average Bonchev–Trinajstić information content (AvgIpc) is 2.20. The van der Waals surface area contributed by atoms with E-state index in [1.54, 1.807) is 17.8 Å². The smallest absolute Gasteiger partial charge is 0.310 e. The Morgan fingerprint density at radius 3 is 2.57 bits per heavy atom. The summed E-state index contributed by atoms with van der Waals surface area (Å²) in [6.45, 7) is 0.344. The van der Waals surface area contributed by atoms with Gasteiger partial charge in [-0.3, -0.25) is 9.59 Å². The minimum Gasteiger partial charge on any atom is -0.348 e. The van der Waals surface area contributed by atoms with Crippen LogP contribution in [0.2, 0.25) is 0 Å². The second-order valence-corrected chi connectivity index (χ2v) is 3.43. The van der Waals surface area contributed by atoms with Gasteiger partial charge in [-0.2, -0.15) is 17.0 Å². The number of nitriles is 1. The van der Waals surface area contributed by atoms with Crippen molar-refractivity contribution in [3.05, 3.63) is 0 Å². The number of rotatable bonds is 5. The van der Waals surface area contributed by atoms with E-state index in [9.17, 15) is 9.59 Å². The highest BCUT2D eigenvalue weighted by molar-refractivity contribution is 7.98. The Bertz CT molecular complexity index is 237. The standard InChI is InChI=1S/C8H13N3O2S/c1-14-6-2-4-10-7(12)8(13)11-5-3-9/h2,4-6H2,1H3,(H,10,12)(H,11,13). The lowest BCUT2D eigenvalue weighted by Gasteiger charge is -2.03. The molecule has 0 saturated carbocycles. The molecule has 0 bridgehead atoms. The van der Waals surface area contributed by atoms with E-state index in [0.29, 0.717) is 6.54 Å². The monoisotopic (exact) mass is 215 g/mol. The molecule has 0 atom stereocenters. The highest BCUT2D eigenvalue weighted by atomic mass is 32.2. The molecule has 0 spiro atoms. The van der Waals surface area contributed by atoms with Crippen molar-refractivity contribution >= 4 is 23.6 Å². The van der Waals surface area contributed by atoms with Gasteiger partial charge in [0.05, 0.1) is 6.07 Å². The van der Waals surface area contributed by atoms with Crippen molar-refractivity contribution in [2.24, 2.45) is 0 Å². The predicted octanol–water partition coefficient (Wildman–Crippen LogP) is -0.505. The van der Waals surface area contributed by atoms with E-state index in [0.717, 1.165) is 12.2 Å². The van der Waals surface area contributed by atoms with E-state index >= 15 is 0 Å². The molecule has 5 nitrogen and oxygen atoms in total. The Balaban J connectivity index is 3.53. The van der Waals surface area contributed by atoms with Crippen LogP contribution in [0, 0.1) is 11.3 Å². The minimum atomic E-state index is -0.754. The van der Waals surface area contributed by atoms with E-state index in [1.165, 1.54) is 0 Å². The Morgan fingerprint density at radius 1 is 1.36 bits per heavy atom. The maximum Gasteiger partial charge on any atom is 0.310 e. The number of hydrogen-bond acceptors (Lipinski definition) is 4. The minimum absolute atomic E-state index is 0.142. The lowest BCUT2D eigenvalue weighted by Crippen LogP contribution is -2.40. The van der Waals surface area contributed by atoms with Gasteiger partial charge in [0.2, 0.25) is 0 Å². The molecule has 0 heterocycles. The van der Waals surface area contributed by atoms with Crippen molar-refractivity contribution < 1.29 is 9.59 Å². The van der Waals surface area contributed by atoms with Gasteiger partial charge in [-0.25, -0.2) is 0 Å².